The lowest BCUT2D eigenvalue weighted by atomic mass is 9.88. The summed E-state index contributed by atoms with van der Waals surface area (Å²) < 4.78 is 0. The zero-order chi connectivity index (χ0) is 12.6. The molecule has 1 saturated carbocycles. The van der Waals surface area contributed by atoms with E-state index in [1.807, 2.05) is 0 Å². The summed E-state index contributed by atoms with van der Waals surface area (Å²) in [6.07, 6.45) is 8.65. The molecule has 2 aliphatic rings. The lowest BCUT2D eigenvalue weighted by Gasteiger charge is -2.16. The highest BCUT2D eigenvalue weighted by molar-refractivity contribution is 5.70. The second kappa shape index (κ2) is 4.42. The summed E-state index contributed by atoms with van der Waals surface area (Å²) >= 11 is 0. The molecule has 2 heteroatoms. The molecule has 18 heavy (non-hydrogen) atoms. The summed E-state index contributed by atoms with van der Waals surface area (Å²) in [5, 5.41) is 9.03. The summed E-state index contributed by atoms with van der Waals surface area (Å²) in [5.74, 6) is -0.664. The molecule has 1 aromatic rings. The minimum atomic E-state index is -0.664. The van der Waals surface area contributed by atoms with E-state index in [1.54, 1.807) is 0 Å². The van der Waals surface area contributed by atoms with Crippen LogP contribution in [0.1, 0.15) is 55.2 Å². The Labute approximate surface area is 108 Å². The predicted octanol–water partition coefficient (Wildman–Crippen LogP) is 3.46. The number of rotatable bonds is 3. The van der Waals surface area contributed by atoms with Gasteiger partial charge in [0, 0.05) is 5.41 Å². The van der Waals surface area contributed by atoms with Gasteiger partial charge >= 0.3 is 5.97 Å². The van der Waals surface area contributed by atoms with Crippen molar-refractivity contribution in [3.8, 4) is 0 Å². The number of hydrogen-bond donors (Lipinski definition) is 1. The van der Waals surface area contributed by atoms with E-state index in [1.165, 1.54) is 48.8 Å². The monoisotopic (exact) mass is 244 g/mol. The Kier molecular flexibility index (Phi) is 2.89. The first-order chi connectivity index (χ1) is 8.70. The molecular weight excluding hydrogens is 224 g/mol. The Balaban J connectivity index is 1.90. The Morgan fingerprint density at radius 3 is 2.50 bits per heavy atom. The van der Waals surface area contributed by atoms with E-state index < -0.39 is 5.97 Å². The van der Waals surface area contributed by atoms with Crippen molar-refractivity contribution in [3.63, 3.8) is 0 Å². The fraction of sp³-hybridized carbons (Fsp3) is 0.562. The Morgan fingerprint density at radius 1 is 1.11 bits per heavy atom. The molecule has 0 saturated heterocycles. The SMILES string of the molecule is O=C(O)CC1(c2ccc3c(c2)CCCCC3)CC1. The molecule has 96 valence electrons. The van der Waals surface area contributed by atoms with Crippen molar-refractivity contribution < 1.29 is 9.90 Å². The van der Waals surface area contributed by atoms with Gasteiger partial charge in [0.1, 0.15) is 0 Å². The number of carboxylic acids is 1. The van der Waals surface area contributed by atoms with Gasteiger partial charge in [-0.1, -0.05) is 24.6 Å². The first-order valence-corrected chi connectivity index (χ1v) is 7.04. The summed E-state index contributed by atoms with van der Waals surface area (Å²) in [6.45, 7) is 0. The molecule has 1 N–H and O–H groups in total. The Morgan fingerprint density at radius 2 is 1.83 bits per heavy atom. The van der Waals surface area contributed by atoms with Gasteiger partial charge in [0.25, 0.3) is 0 Å². The van der Waals surface area contributed by atoms with Gasteiger partial charge in [-0.2, -0.15) is 0 Å². The van der Waals surface area contributed by atoms with E-state index in [4.69, 9.17) is 5.11 Å². The first-order valence-electron chi connectivity index (χ1n) is 7.04. The van der Waals surface area contributed by atoms with Crippen LogP contribution < -0.4 is 0 Å². The fourth-order valence-corrected chi connectivity index (χ4v) is 3.25. The average molecular weight is 244 g/mol. The van der Waals surface area contributed by atoms with Gasteiger partial charge in [0.2, 0.25) is 0 Å². The summed E-state index contributed by atoms with van der Waals surface area (Å²) in [5.41, 5.74) is 4.20. The van der Waals surface area contributed by atoms with Crippen LogP contribution in [0.2, 0.25) is 0 Å². The van der Waals surface area contributed by atoms with Crippen molar-refractivity contribution in [2.24, 2.45) is 0 Å². The highest BCUT2D eigenvalue weighted by Gasteiger charge is 2.46. The Bertz CT molecular complexity index is 472. The molecule has 0 heterocycles. The number of hydrogen-bond acceptors (Lipinski definition) is 1. The third-order valence-electron chi connectivity index (χ3n) is 4.55. The normalized spacial score (nSPS) is 20.9. The third kappa shape index (κ3) is 2.16. The van der Waals surface area contributed by atoms with Crippen LogP contribution in [0.3, 0.4) is 0 Å². The molecule has 0 amide bonds. The zero-order valence-corrected chi connectivity index (χ0v) is 10.7. The van der Waals surface area contributed by atoms with Crippen LogP contribution in [-0.2, 0) is 23.1 Å². The van der Waals surface area contributed by atoms with Crippen LogP contribution in [0.25, 0.3) is 0 Å². The molecule has 0 spiro atoms. The van der Waals surface area contributed by atoms with Gasteiger partial charge in [-0.05, 0) is 55.2 Å². The van der Waals surface area contributed by atoms with Gasteiger partial charge in [0.15, 0.2) is 0 Å². The quantitative estimate of drug-likeness (QED) is 0.827. The predicted molar refractivity (Wildman–Crippen MR) is 70.9 cm³/mol. The largest absolute Gasteiger partial charge is 0.481 e. The van der Waals surface area contributed by atoms with Gasteiger partial charge in [-0.25, -0.2) is 0 Å². The third-order valence-corrected chi connectivity index (χ3v) is 4.55. The minimum absolute atomic E-state index is 0.0346. The number of fused-ring (bicyclic) bond motifs is 1. The van der Waals surface area contributed by atoms with Crippen molar-refractivity contribution in [3.05, 3.63) is 34.9 Å². The van der Waals surface area contributed by atoms with Crippen molar-refractivity contribution >= 4 is 5.97 Å². The summed E-state index contributed by atoms with van der Waals surface area (Å²) in [7, 11) is 0. The van der Waals surface area contributed by atoms with Crippen molar-refractivity contribution in [2.75, 3.05) is 0 Å². The van der Waals surface area contributed by atoms with Gasteiger partial charge < -0.3 is 5.11 Å². The van der Waals surface area contributed by atoms with E-state index in [0.29, 0.717) is 6.42 Å². The first kappa shape index (κ1) is 11.8. The van der Waals surface area contributed by atoms with Crippen LogP contribution in [0.4, 0.5) is 0 Å². The van der Waals surface area contributed by atoms with Crippen molar-refractivity contribution in [1.82, 2.24) is 0 Å². The molecule has 0 bridgehead atoms. The number of carboxylic acid groups (broad SMARTS) is 1. The molecule has 0 unspecified atom stereocenters. The van der Waals surface area contributed by atoms with E-state index in [9.17, 15) is 4.79 Å². The smallest absolute Gasteiger partial charge is 0.304 e. The van der Waals surface area contributed by atoms with Gasteiger partial charge in [-0.15, -0.1) is 0 Å². The number of aliphatic carboxylic acids is 1. The number of aryl methyl sites for hydroxylation is 2. The minimum Gasteiger partial charge on any atom is -0.481 e. The standard InChI is InChI=1S/C16H20O2/c17-15(18)11-16(8-9-16)14-7-6-12-4-2-1-3-5-13(12)10-14/h6-7,10H,1-5,8-9,11H2,(H,17,18). The maximum absolute atomic E-state index is 11.0. The molecule has 1 aromatic carbocycles. The molecule has 2 aliphatic carbocycles. The molecular formula is C16H20O2. The highest BCUT2D eigenvalue weighted by Crippen LogP contribution is 2.51. The fourth-order valence-electron chi connectivity index (χ4n) is 3.25. The van der Waals surface area contributed by atoms with E-state index >= 15 is 0 Å². The topological polar surface area (TPSA) is 37.3 Å². The lowest BCUT2D eigenvalue weighted by molar-refractivity contribution is -0.137. The van der Waals surface area contributed by atoms with E-state index in [-0.39, 0.29) is 5.41 Å². The maximum atomic E-state index is 11.0. The van der Waals surface area contributed by atoms with Crippen LogP contribution in [0.15, 0.2) is 18.2 Å². The van der Waals surface area contributed by atoms with Crippen molar-refractivity contribution in [2.45, 2.75) is 56.8 Å². The number of carbonyl (C=O) groups is 1. The molecule has 0 radical (unpaired) electrons. The lowest BCUT2D eigenvalue weighted by Crippen LogP contribution is -2.13. The van der Waals surface area contributed by atoms with Gasteiger partial charge in [-0.3, -0.25) is 4.79 Å². The van der Waals surface area contributed by atoms with Crippen LogP contribution in [-0.4, -0.2) is 11.1 Å². The maximum Gasteiger partial charge on any atom is 0.304 e. The Hall–Kier alpha value is -1.31. The average Bonchev–Trinajstić information content (AvgIpc) is 3.11. The molecule has 0 aliphatic heterocycles. The number of benzene rings is 1. The zero-order valence-electron chi connectivity index (χ0n) is 10.7. The molecule has 1 fully saturated rings. The van der Waals surface area contributed by atoms with Crippen LogP contribution >= 0.6 is 0 Å². The van der Waals surface area contributed by atoms with E-state index in [2.05, 4.69) is 18.2 Å². The molecule has 3 rings (SSSR count). The second-order valence-electron chi connectivity index (χ2n) is 5.89. The summed E-state index contributed by atoms with van der Waals surface area (Å²) in [4.78, 5) is 11.0. The molecule has 0 atom stereocenters. The van der Waals surface area contributed by atoms with Crippen LogP contribution in [0, 0.1) is 0 Å². The highest BCUT2D eigenvalue weighted by atomic mass is 16.4. The van der Waals surface area contributed by atoms with Crippen LogP contribution in [0.5, 0.6) is 0 Å². The van der Waals surface area contributed by atoms with Gasteiger partial charge in [0.05, 0.1) is 6.42 Å². The molecule has 2 nitrogen and oxygen atoms in total. The molecule has 0 aromatic heterocycles. The van der Waals surface area contributed by atoms with Crippen molar-refractivity contribution in [1.29, 1.82) is 0 Å². The summed E-state index contributed by atoms with van der Waals surface area (Å²) in [6, 6.07) is 6.73. The second-order valence-corrected chi connectivity index (χ2v) is 5.89. The van der Waals surface area contributed by atoms with E-state index in [0.717, 1.165) is 12.8 Å².